The summed E-state index contributed by atoms with van der Waals surface area (Å²) in [5.41, 5.74) is 1.94. The lowest BCUT2D eigenvalue weighted by Gasteiger charge is -2.11. The van der Waals surface area contributed by atoms with Gasteiger partial charge in [0, 0.05) is 23.0 Å². The van der Waals surface area contributed by atoms with E-state index in [1.54, 1.807) is 36.7 Å². The highest BCUT2D eigenvalue weighted by molar-refractivity contribution is 6.00. The number of aromatic nitrogens is 3. The Morgan fingerprint density at radius 2 is 1.81 bits per heavy atom. The molecule has 7 nitrogen and oxygen atoms in total. The van der Waals surface area contributed by atoms with Crippen LogP contribution in [0, 0.1) is 11.3 Å². The molecule has 0 fully saturated rings. The maximum atomic E-state index is 12.8. The van der Waals surface area contributed by atoms with E-state index in [1.807, 2.05) is 12.1 Å². The minimum absolute atomic E-state index is 0.0301. The van der Waals surface area contributed by atoms with Crippen LogP contribution >= 0.6 is 0 Å². The van der Waals surface area contributed by atoms with E-state index < -0.39 is 17.8 Å². The number of halogens is 3. The Morgan fingerprint density at radius 3 is 2.53 bits per heavy atom. The van der Waals surface area contributed by atoms with E-state index in [4.69, 9.17) is 5.26 Å². The molecule has 0 unspecified atom stereocenters. The number of nitrogens with zero attached hydrogens (tertiary/aromatic N) is 4. The summed E-state index contributed by atoms with van der Waals surface area (Å²) in [6, 6.07) is 14.5. The first kappa shape index (κ1) is 20.9. The molecule has 4 aromatic rings. The van der Waals surface area contributed by atoms with Crippen molar-refractivity contribution in [2.24, 2.45) is 0 Å². The highest BCUT2D eigenvalue weighted by atomic mass is 19.4. The summed E-state index contributed by atoms with van der Waals surface area (Å²) < 4.78 is 40.0. The highest BCUT2D eigenvalue weighted by Gasteiger charge is 2.30. The number of rotatable bonds is 4. The van der Waals surface area contributed by atoms with Crippen molar-refractivity contribution in [1.82, 2.24) is 14.8 Å². The zero-order chi connectivity index (χ0) is 22.7. The van der Waals surface area contributed by atoms with Crippen LogP contribution in [0.2, 0.25) is 0 Å². The molecule has 0 atom stereocenters. The molecule has 0 aliphatic rings. The van der Waals surface area contributed by atoms with Crippen molar-refractivity contribution in [1.29, 1.82) is 5.26 Å². The Hall–Kier alpha value is -4.39. The minimum atomic E-state index is -4.49. The Balaban J connectivity index is 1.49. The third-order valence-corrected chi connectivity index (χ3v) is 4.66. The van der Waals surface area contributed by atoms with Crippen LogP contribution in [0.1, 0.15) is 5.56 Å². The third-order valence-electron chi connectivity index (χ3n) is 4.66. The summed E-state index contributed by atoms with van der Waals surface area (Å²) in [4.78, 5) is 16.5. The molecule has 0 radical (unpaired) electrons. The number of benzene rings is 2. The second-order valence-electron chi connectivity index (χ2n) is 6.79. The summed E-state index contributed by atoms with van der Waals surface area (Å²) in [7, 11) is 0. The van der Waals surface area contributed by atoms with Gasteiger partial charge in [-0.15, -0.1) is 0 Å². The number of amides is 2. The van der Waals surface area contributed by atoms with E-state index in [0.717, 1.165) is 28.6 Å². The summed E-state index contributed by atoms with van der Waals surface area (Å²) in [5, 5.41) is 18.9. The number of anilines is 2. The molecule has 0 saturated heterocycles. The van der Waals surface area contributed by atoms with Crippen LogP contribution in [0.3, 0.4) is 0 Å². The zero-order valence-corrected chi connectivity index (χ0v) is 16.4. The van der Waals surface area contributed by atoms with Crippen molar-refractivity contribution in [2.75, 3.05) is 10.6 Å². The van der Waals surface area contributed by atoms with E-state index in [2.05, 4.69) is 20.7 Å². The van der Waals surface area contributed by atoms with Crippen LogP contribution in [0.5, 0.6) is 0 Å². The number of carbonyl (C=O) groups is 1. The molecular weight excluding hydrogens is 421 g/mol. The predicted octanol–water partition coefficient (Wildman–Crippen LogP) is 5.28. The molecule has 32 heavy (non-hydrogen) atoms. The number of carbonyl (C=O) groups excluding carboxylic acids is 1. The van der Waals surface area contributed by atoms with Crippen LogP contribution in [0.25, 0.3) is 22.2 Å². The molecule has 4 rings (SSSR count). The van der Waals surface area contributed by atoms with Gasteiger partial charge < -0.3 is 10.6 Å². The highest BCUT2D eigenvalue weighted by Crippen LogP contribution is 2.31. The van der Waals surface area contributed by atoms with Crippen LogP contribution < -0.4 is 10.6 Å². The molecule has 2 aromatic carbocycles. The molecule has 2 heterocycles. The number of nitriles is 1. The van der Waals surface area contributed by atoms with Crippen molar-refractivity contribution in [3.63, 3.8) is 0 Å². The molecular formula is C22H15F3N6O. The van der Waals surface area contributed by atoms with Gasteiger partial charge in [-0.2, -0.15) is 23.5 Å². The van der Waals surface area contributed by atoms with Gasteiger partial charge in [-0.3, -0.25) is 0 Å². The van der Waals surface area contributed by atoms with Crippen molar-refractivity contribution in [3.05, 3.63) is 72.6 Å². The lowest BCUT2D eigenvalue weighted by molar-refractivity contribution is -0.137. The van der Waals surface area contributed by atoms with Crippen LogP contribution in [0.4, 0.5) is 29.3 Å². The molecule has 2 amide bonds. The van der Waals surface area contributed by atoms with Crippen molar-refractivity contribution >= 4 is 28.4 Å². The number of hydrogen-bond donors (Lipinski definition) is 2. The van der Waals surface area contributed by atoms with Gasteiger partial charge in [0.2, 0.25) is 0 Å². The summed E-state index contributed by atoms with van der Waals surface area (Å²) in [6.07, 6.45) is -1.22. The average Bonchev–Trinajstić information content (AvgIpc) is 3.17. The average molecular weight is 436 g/mol. The molecule has 160 valence electrons. The Kier molecular flexibility index (Phi) is 5.47. The van der Waals surface area contributed by atoms with Crippen molar-refractivity contribution in [3.8, 4) is 17.2 Å². The van der Waals surface area contributed by atoms with Gasteiger partial charge >= 0.3 is 12.2 Å². The van der Waals surface area contributed by atoms with Gasteiger partial charge in [0.05, 0.1) is 17.8 Å². The zero-order valence-electron chi connectivity index (χ0n) is 16.4. The second-order valence-corrected chi connectivity index (χ2v) is 6.79. The fraction of sp³-hybridized carbons (Fsp3) is 0.0909. The Bertz CT molecular complexity index is 1320. The van der Waals surface area contributed by atoms with Gasteiger partial charge in [-0.25, -0.2) is 14.5 Å². The molecule has 2 N–H and O–H groups in total. The number of urea groups is 1. The number of alkyl halides is 3. The second kappa shape index (κ2) is 8.39. The minimum Gasteiger partial charge on any atom is -0.308 e. The first-order valence-corrected chi connectivity index (χ1v) is 9.38. The Morgan fingerprint density at radius 1 is 1.06 bits per heavy atom. The summed E-state index contributed by atoms with van der Waals surface area (Å²) in [5.74, 6) is 0. The van der Waals surface area contributed by atoms with Gasteiger partial charge in [0.1, 0.15) is 6.54 Å². The number of fused-ring (bicyclic) bond motifs is 1. The number of hydrogen-bond acceptors (Lipinski definition) is 4. The molecule has 0 aliphatic carbocycles. The maximum Gasteiger partial charge on any atom is 0.416 e. The monoisotopic (exact) mass is 436 g/mol. The Labute approximate surface area is 180 Å². The topological polar surface area (TPSA) is 95.6 Å². The van der Waals surface area contributed by atoms with E-state index in [0.29, 0.717) is 11.3 Å². The number of pyridine rings is 1. The fourth-order valence-electron chi connectivity index (χ4n) is 3.21. The molecule has 2 aromatic heterocycles. The van der Waals surface area contributed by atoms with Gasteiger partial charge in [-0.1, -0.05) is 18.2 Å². The molecule has 10 heteroatoms. The van der Waals surface area contributed by atoms with Gasteiger partial charge in [0.15, 0.2) is 5.65 Å². The van der Waals surface area contributed by atoms with Crippen molar-refractivity contribution in [2.45, 2.75) is 12.7 Å². The third kappa shape index (κ3) is 4.37. The predicted molar refractivity (Wildman–Crippen MR) is 113 cm³/mol. The quantitative estimate of drug-likeness (QED) is 0.455. The van der Waals surface area contributed by atoms with E-state index in [-0.39, 0.29) is 12.2 Å². The molecule has 0 bridgehead atoms. The van der Waals surface area contributed by atoms with Crippen molar-refractivity contribution < 1.29 is 18.0 Å². The maximum absolute atomic E-state index is 12.8. The molecule has 0 aliphatic heterocycles. The van der Waals surface area contributed by atoms with E-state index in [9.17, 15) is 18.0 Å². The smallest absolute Gasteiger partial charge is 0.308 e. The van der Waals surface area contributed by atoms with E-state index >= 15 is 0 Å². The first-order chi connectivity index (χ1) is 15.3. The largest absolute Gasteiger partial charge is 0.416 e. The van der Waals surface area contributed by atoms with E-state index in [1.165, 1.54) is 16.8 Å². The van der Waals surface area contributed by atoms with Crippen LogP contribution in [-0.4, -0.2) is 20.8 Å². The summed E-state index contributed by atoms with van der Waals surface area (Å²) >= 11 is 0. The lowest BCUT2D eigenvalue weighted by Crippen LogP contribution is -2.19. The molecule has 0 saturated carbocycles. The van der Waals surface area contributed by atoms with Crippen LogP contribution in [0.15, 0.2) is 67.0 Å². The number of nitrogens with one attached hydrogen (secondary N) is 2. The normalized spacial score (nSPS) is 11.2. The fourth-order valence-corrected chi connectivity index (χ4v) is 3.21. The van der Waals surface area contributed by atoms with Gasteiger partial charge in [0.25, 0.3) is 0 Å². The summed E-state index contributed by atoms with van der Waals surface area (Å²) in [6.45, 7) is 0.0871. The van der Waals surface area contributed by atoms with Gasteiger partial charge in [-0.05, 0) is 47.5 Å². The lowest BCUT2D eigenvalue weighted by atomic mass is 10.0. The standard InChI is InChI=1S/C22H15F3N6O/c23-22(24,25)15-2-1-3-17(12-15)30-21(32)29-16-6-4-14(5-7-16)18-8-10-27-20-19(18)13-28-31(20)11-9-26/h1-8,10,12-13H,11H2,(H2,29,30,32). The first-order valence-electron chi connectivity index (χ1n) is 9.38. The SMILES string of the molecule is N#CCn1ncc2c(-c3ccc(NC(=O)Nc4cccc(C(F)(F)F)c4)cc3)ccnc21. The molecule has 0 spiro atoms. The van der Waals surface area contributed by atoms with Crippen LogP contribution in [-0.2, 0) is 12.7 Å².